The summed E-state index contributed by atoms with van der Waals surface area (Å²) in [5.41, 5.74) is 5.29. The van der Waals surface area contributed by atoms with Gasteiger partial charge in [-0.3, -0.25) is 14.9 Å². The number of nitrogens with zero attached hydrogens (tertiary/aromatic N) is 3. The molecule has 1 aliphatic rings. The molecule has 1 saturated heterocycles. The lowest BCUT2D eigenvalue weighted by atomic mass is 10.2. The number of benzene rings is 1. The molecule has 0 bridgehead atoms. The van der Waals surface area contributed by atoms with Crippen molar-refractivity contribution in [3.8, 4) is 17.4 Å². The van der Waals surface area contributed by atoms with Crippen molar-refractivity contribution in [1.29, 1.82) is 0 Å². The van der Waals surface area contributed by atoms with Crippen LogP contribution in [0, 0.1) is 0 Å². The fourth-order valence-corrected chi connectivity index (χ4v) is 3.34. The van der Waals surface area contributed by atoms with Crippen LogP contribution in [-0.4, -0.2) is 71.6 Å². The molecule has 42 heavy (non-hydrogen) atoms. The van der Waals surface area contributed by atoms with Crippen molar-refractivity contribution in [3.63, 3.8) is 0 Å². The third-order valence-electron chi connectivity index (χ3n) is 5.27. The number of nitrogens with one attached hydrogen (secondary N) is 2. The summed E-state index contributed by atoms with van der Waals surface area (Å²) in [6.45, 7) is 4.55. The summed E-state index contributed by atoms with van der Waals surface area (Å²) in [6, 6.07) is 4.09. The summed E-state index contributed by atoms with van der Waals surface area (Å²) in [5.74, 6) is -0.900. The maximum Gasteiger partial charge on any atom is 0.411 e. The fourth-order valence-electron chi connectivity index (χ4n) is 3.34. The number of alkyl carbamates (subject to hydrolysis) is 1. The number of amides is 3. The maximum absolute atomic E-state index is 12.9. The number of hydrogen-bond donors (Lipinski definition) is 2. The number of halogens is 2. The van der Waals surface area contributed by atoms with Crippen molar-refractivity contribution in [1.82, 2.24) is 15.2 Å². The topological polar surface area (TPSA) is 169 Å². The standard InChI is InChI=1S/C27H32F2N6O7/c1-16(15-39-25(28)29)40-18-10-17(23(36)34-21(30)6-7-31-26(38)42-27(2,3)4)11-19(12-18)41-22-14-32-20(13-33-22)24(37)35-8-5-9-35/h6-7,10-14,16,25H,5,8-9,15H2,1-4H3,(H,31,38)(H2,30,34,36)/p+1/b7-6-/t16-/m0/s1. The van der Waals surface area contributed by atoms with Gasteiger partial charge in [-0.2, -0.15) is 18.8 Å². The Morgan fingerprint density at radius 3 is 2.52 bits per heavy atom. The second-order valence-corrected chi connectivity index (χ2v) is 10.1. The van der Waals surface area contributed by atoms with Gasteiger partial charge in [0.2, 0.25) is 6.20 Å². The SMILES string of the molecule is C[C@@H](COC(F)F)Oc1cc(Oc2cnc(C(=O)N3CCC3)c[nH+]2)cc(C(=O)N=C(N)/C=C\NC(=O)OC(C)(C)C)c1. The van der Waals surface area contributed by atoms with Crippen LogP contribution in [0.5, 0.6) is 17.4 Å². The lowest BCUT2D eigenvalue weighted by Crippen LogP contribution is -2.42. The van der Waals surface area contributed by atoms with E-state index >= 15 is 0 Å². The molecule has 0 saturated carbocycles. The molecule has 1 aromatic carbocycles. The number of nitrogens with two attached hydrogens (primary N) is 1. The molecule has 4 N–H and O–H groups in total. The predicted octanol–water partition coefficient (Wildman–Crippen LogP) is 3.08. The number of ether oxygens (including phenoxy) is 4. The van der Waals surface area contributed by atoms with Gasteiger partial charge in [-0.05, 0) is 52.3 Å². The number of alkyl halides is 2. The molecule has 3 rings (SSSR count). The summed E-state index contributed by atoms with van der Waals surface area (Å²) in [4.78, 5) is 49.4. The van der Waals surface area contributed by atoms with Crippen LogP contribution in [0.2, 0.25) is 0 Å². The number of amidine groups is 1. The van der Waals surface area contributed by atoms with E-state index in [-0.39, 0.29) is 40.4 Å². The molecule has 0 radical (unpaired) electrons. The fraction of sp³-hybridized carbons (Fsp3) is 0.407. The molecule has 3 amide bonds. The van der Waals surface area contributed by atoms with Crippen molar-refractivity contribution >= 4 is 23.7 Å². The molecule has 1 aliphatic heterocycles. The average Bonchev–Trinajstić information content (AvgIpc) is 2.85. The highest BCUT2D eigenvalue weighted by Crippen LogP contribution is 2.27. The Morgan fingerprint density at radius 1 is 1.21 bits per heavy atom. The predicted molar refractivity (Wildman–Crippen MR) is 144 cm³/mol. The number of carbonyl (C=O) groups is 3. The second-order valence-electron chi connectivity index (χ2n) is 10.1. The molecule has 0 unspecified atom stereocenters. The molecule has 1 atom stereocenters. The molecule has 0 spiro atoms. The zero-order valence-electron chi connectivity index (χ0n) is 23.6. The summed E-state index contributed by atoms with van der Waals surface area (Å²) in [7, 11) is 0. The highest BCUT2D eigenvalue weighted by molar-refractivity contribution is 6.06. The average molecular weight is 592 g/mol. The van der Waals surface area contributed by atoms with Crippen LogP contribution in [0.1, 0.15) is 55.0 Å². The number of carbonyl (C=O) groups excluding carboxylic acids is 3. The molecule has 226 valence electrons. The van der Waals surface area contributed by atoms with Crippen LogP contribution >= 0.6 is 0 Å². The van der Waals surface area contributed by atoms with Gasteiger partial charge in [0, 0.05) is 30.9 Å². The zero-order chi connectivity index (χ0) is 30.9. The molecule has 2 heterocycles. The molecule has 1 fully saturated rings. The number of hydrogen-bond acceptors (Lipinski definition) is 8. The van der Waals surface area contributed by atoms with Gasteiger partial charge in [0.25, 0.3) is 11.8 Å². The van der Waals surface area contributed by atoms with Crippen LogP contribution < -0.4 is 25.5 Å². The van der Waals surface area contributed by atoms with Crippen LogP contribution in [0.25, 0.3) is 0 Å². The third-order valence-corrected chi connectivity index (χ3v) is 5.27. The van der Waals surface area contributed by atoms with Gasteiger partial charge in [0.15, 0.2) is 5.69 Å². The van der Waals surface area contributed by atoms with Crippen molar-refractivity contribution < 1.29 is 47.1 Å². The second kappa shape index (κ2) is 14.3. The van der Waals surface area contributed by atoms with E-state index in [1.807, 2.05) is 0 Å². The molecule has 0 aliphatic carbocycles. The Kier molecular flexibility index (Phi) is 10.8. The van der Waals surface area contributed by atoms with Crippen LogP contribution in [0.4, 0.5) is 13.6 Å². The first-order valence-electron chi connectivity index (χ1n) is 12.9. The Morgan fingerprint density at radius 2 is 1.93 bits per heavy atom. The highest BCUT2D eigenvalue weighted by Gasteiger charge is 2.25. The van der Waals surface area contributed by atoms with Crippen molar-refractivity contribution in [2.45, 2.75) is 52.4 Å². The Bertz CT molecular complexity index is 1330. The van der Waals surface area contributed by atoms with E-state index in [9.17, 15) is 23.2 Å². The van der Waals surface area contributed by atoms with Crippen molar-refractivity contribution in [2.24, 2.45) is 10.7 Å². The number of H-pyrrole nitrogens is 1. The lowest BCUT2D eigenvalue weighted by molar-refractivity contribution is -0.392. The zero-order valence-corrected chi connectivity index (χ0v) is 23.6. The minimum Gasteiger partial charge on any atom is -0.488 e. The molecule has 2 aromatic rings. The summed E-state index contributed by atoms with van der Waals surface area (Å²) < 4.78 is 45.7. The number of aromatic nitrogens is 2. The van der Waals surface area contributed by atoms with E-state index in [1.165, 1.54) is 43.6 Å². The largest absolute Gasteiger partial charge is 0.488 e. The van der Waals surface area contributed by atoms with Crippen molar-refractivity contribution in [3.05, 3.63) is 54.1 Å². The van der Waals surface area contributed by atoms with E-state index in [0.29, 0.717) is 13.1 Å². The molecule has 1 aromatic heterocycles. The Labute approximate surface area is 240 Å². The molecular weight excluding hydrogens is 558 g/mol. The highest BCUT2D eigenvalue weighted by atomic mass is 19.3. The summed E-state index contributed by atoms with van der Waals surface area (Å²) in [6.07, 6.45) is 4.46. The summed E-state index contributed by atoms with van der Waals surface area (Å²) >= 11 is 0. The van der Waals surface area contributed by atoms with Gasteiger partial charge in [0.05, 0.1) is 6.61 Å². The Balaban J connectivity index is 1.77. The first kappa shape index (κ1) is 31.9. The van der Waals surface area contributed by atoms with Gasteiger partial charge in [-0.15, -0.1) is 0 Å². The molecular formula is C27H33F2N6O7+. The van der Waals surface area contributed by atoms with Crippen LogP contribution in [-0.2, 0) is 9.47 Å². The van der Waals surface area contributed by atoms with Gasteiger partial charge < -0.3 is 29.6 Å². The van der Waals surface area contributed by atoms with Crippen molar-refractivity contribution in [2.75, 3.05) is 19.7 Å². The monoisotopic (exact) mass is 591 g/mol. The number of rotatable bonds is 11. The van der Waals surface area contributed by atoms with E-state index in [1.54, 1.807) is 25.7 Å². The number of aromatic amines is 1. The Hall–Kier alpha value is -4.66. The summed E-state index contributed by atoms with van der Waals surface area (Å²) in [5, 5.41) is 2.34. The third kappa shape index (κ3) is 10.4. The van der Waals surface area contributed by atoms with Gasteiger partial charge in [-0.25, -0.2) is 9.78 Å². The molecule has 13 nitrogen and oxygen atoms in total. The minimum absolute atomic E-state index is 0.0153. The maximum atomic E-state index is 12.9. The van der Waals surface area contributed by atoms with E-state index in [2.05, 4.69) is 25.0 Å². The van der Waals surface area contributed by atoms with E-state index in [0.717, 1.165) is 12.6 Å². The number of likely N-dealkylation sites (tertiary alicyclic amines) is 1. The van der Waals surface area contributed by atoms with E-state index in [4.69, 9.17) is 19.9 Å². The van der Waals surface area contributed by atoms with Crippen LogP contribution in [0.15, 0.2) is 47.9 Å². The van der Waals surface area contributed by atoms with Crippen LogP contribution in [0.3, 0.4) is 0 Å². The quantitative estimate of drug-likeness (QED) is 0.295. The normalized spacial score (nSPS) is 14.4. The molecule has 15 heteroatoms. The minimum atomic E-state index is -2.97. The first-order chi connectivity index (χ1) is 19.8. The van der Waals surface area contributed by atoms with Gasteiger partial charge in [-0.1, -0.05) is 0 Å². The van der Waals surface area contributed by atoms with Gasteiger partial charge >= 0.3 is 18.6 Å². The lowest BCUT2D eigenvalue weighted by Gasteiger charge is -2.29. The van der Waals surface area contributed by atoms with Gasteiger partial charge in [0.1, 0.15) is 35.2 Å². The first-order valence-corrected chi connectivity index (χ1v) is 12.9. The number of aliphatic imine (C=N–C) groups is 1. The van der Waals surface area contributed by atoms with E-state index < -0.39 is 36.9 Å². The smallest absolute Gasteiger partial charge is 0.411 e.